The number of hydrogen-bond donors (Lipinski definition) is 2. The molecule has 0 saturated carbocycles. The van der Waals surface area contributed by atoms with Crippen LogP contribution in [0.5, 0.6) is 0 Å². The number of carbonyl (C=O) groups excluding carboxylic acids is 2. The van der Waals surface area contributed by atoms with Crippen molar-refractivity contribution in [2.24, 2.45) is 0 Å². The number of benzene rings is 3. The molecule has 1 fully saturated rings. The summed E-state index contributed by atoms with van der Waals surface area (Å²) < 4.78 is 0. The van der Waals surface area contributed by atoms with Gasteiger partial charge in [0.15, 0.2) is 0 Å². The number of anilines is 3. The molecule has 2 N–H and O–H groups in total. The molecule has 3 aromatic carbocycles. The highest BCUT2D eigenvalue weighted by atomic mass is 16.2. The Hall–Kier alpha value is -4.45. The number of piperazine rings is 1. The number of nitrogens with zero attached hydrogens (tertiary/aromatic N) is 4. The first kappa shape index (κ1) is 25.2. The Morgan fingerprint density at radius 2 is 1.79 bits per heavy atom. The van der Waals surface area contributed by atoms with E-state index < -0.39 is 0 Å². The lowest BCUT2D eigenvalue weighted by molar-refractivity contribution is -0.119. The molecule has 8 nitrogen and oxygen atoms in total. The minimum absolute atomic E-state index is 0.0331. The van der Waals surface area contributed by atoms with E-state index in [4.69, 9.17) is 0 Å². The third-order valence-corrected chi connectivity index (χ3v) is 7.04. The summed E-state index contributed by atoms with van der Waals surface area (Å²) in [5, 5.41) is 15.6. The largest absolute Gasteiger partial charge is 0.354 e. The van der Waals surface area contributed by atoms with Crippen molar-refractivity contribution >= 4 is 40.1 Å². The average molecular weight is 507 g/mol. The van der Waals surface area contributed by atoms with Gasteiger partial charge in [-0.2, -0.15) is 5.26 Å². The van der Waals surface area contributed by atoms with Crippen molar-refractivity contribution in [1.29, 1.82) is 5.26 Å². The van der Waals surface area contributed by atoms with Crippen LogP contribution in [-0.2, 0) is 9.59 Å². The van der Waals surface area contributed by atoms with Gasteiger partial charge in [0.1, 0.15) is 0 Å². The standard InChI is InChI=1S/C30H30N6O2/c1-34-13-15-36(16-14-34)20-27(37)35(2)24-10-6-9-23(18-24)32-29(22-7-4-3-5-8-22)28-25-12-11-21(19-31)17-26(25)33-30(28)38/h3-12,17-18,32H,13-16,20H2,1-2H3,(H,33,38). The number of fused-ring (bicyclic) bond motifs is 1. The van der Waals surface area contributed by atoms with E-state index in [-0.39, 0.29) is 11.8 Å². The van der Waals surface area contributed by atoms with E-state index in [9.17, 15) is 14.9 Å². The molecule has 38 heavy (non-hydrogen) atoms. The van der Waals surface area contributed by atoms with Crippen molar-refractivity contribution in [3.05, 3.63) is 89.5 Å². The molecule has 1 saturated heterocycles. The molecule has 2 aliphatic rings. The van der Waals surface area contributed by atoms with E-state index in [1.54, 1.807) is 30.1 Å². The van der Waals surface area contributed by atoms with Gasteiger partial charge in [-0.15, -0.1) is 0 Å². The van der Waals surface area contributed by atoms with Crippen LogP contribution in [0, 0.1) is 11.3 Å². The first-order valence-electron chi connectivity index (χ1n) is 12.6. The average Bonchev–Trinajstić information content (AvgIpc) is 3.27. The zero-order valence-corrected chi connectivity index (χ0v) is 21.6. The molecule has 0 aliphatic carbocycles. The van der Waals surface area contributed by atoms with Crippen LogP contribution in [0.1, 0.15) is 16.7 Å². The summed E-state index contributed by atoms with van der Waals surface area (Å²) >= 11 is 0. The molecule has 8 heteroatoms. The second-order valence-corrected chi connectivity index (χ2v) is 9.65. The number of nitriles is 1. The molecule has 0 aromatic heterocycles. The van der Waals surface area contributed by atoms with Crippen molar-refractivity contribution in [3.63, 3.8) is 0 Å². The highest BCUT2D eigenvalue weighted by Crippen LogP contribution is 2.38. The molecule has 0 radical (unpaired) electrons. The molecule has 0 atom stereocenters. The summed E-state index contributed by atoms with van der Waals surface area (Å²) in [4.78, 5) is 32.3. The fourth-order valence-corrected chi connectivity index (χ4v) is 4.76. The molecule has 0 bridgehead atoms. The van der Waals surface area contributed by atoms with Crippen LogP contribution in [0.25, 0.3) is 11.3 Å². The molecule has 0 unspecified atom stereocenters. The Kier molecular flexibility index (Phi) is 7.22. The smallest absolute Gasteiger partial charge is 0.258 e. The van der Waals surface area contributed by atoms with E-state index in [2.05, 4.69) is 33.6 Å². The highest BCUT2D eigenvalue weighted by molar-refractivity contribution is 6.37. The van der Waals surface area contributed by atoms with Crippen LogP contribution in [0.3, 0.4) is 0 Å². The van der Waals surface area contributed by atoms with Gasteiger partial charge < -0.3 is 20.4 Å². The van der Waals surface area contributed by atoms with Crippen LogP contribution in [0.2, 0.25) is 0 Å². The van der Waals surface area contributed by atoms with Crippen molar-refractivity contribution < 1.29 is 9.59 Å². The summed E-state index contributed by atoms with van der Waals surface area (Å²) in [6, 6.07) is 24.6. The van der Waals surface area contributed by atoms with E-state index >= 15 is 0 Å². The Morgan fingerprint density at radius 1 is 1.03 bits per heavy atom. The predicted octanol–water partition coefficient (Wildman–Crippen LogP) is 3.70. The summed E-state index contributed by atoms with van der Waals surface area (Å²) in [6.07, 6.45) is 0. The quantitative estimate of drug-likeness (QED) is 0.496. The van der Waals surface area contributed by atoms with Crippen LogP contribution in [0.15, 0.2) is 72.8 Å². The number of hydrogen-bond acceptors (Lipinski definition) is 6. The molecular weight excluding hydrogens is 476 g/mol. The van der Waals surface area contributed by atoms with E-state index in [1.807, 2.05) is 54.6 Å². The van der Waals surface area contributed by atoms with Gasteiger partial charge in [0.05, 0.1) is 35.1 Å². The van der Waals surface area contributed by atoms with E-state index in [0.29, 0.717) is 29.1 Å². The van der Waals surface area contributed by atoms with Crippen molar-refractivity contribution in [2.75, 3.05) is 62.4 Å². The molecule has 192 valence electrons. The second-order valence-electron chi connectivity index (χ2n) is 9.65. The van der Waals surface area contributed by atoms with Gasteiger partial charge >= 0.3 is 0 Å². The summed E-state index contributed by atoms with van der Waals surface area (Å²) in [6.45, 7) is 4.06. The number of carbonyl (C=O) groups is 2. The first-order chi connectivity index (χ1) is 18.4. The number of nitrogens with one attached hydrogen (secondary N) is 2. The first-order valence-corrected chi connectivity index (χ1v) is 12.6. The number of likely N-dealkylation sites (N-methyl/N-ethyl adjacent to an activating group) is 2. The molecule has 2 amide bonds. The minimum atomic E-state index is -0.239. The topological polar surface area (TPSA) is 91.7 Å². The Morgan fingerprint density at radius 3 is 2.53 bits per heavy atom. The lowest BCUT2D eigenvalue weighted by Gasteiger charge is -2.32. The maximum atomic E-state index is 13.2. The highest BCUT2D eigenvalue weighted by Gasteiger charge is 2.29. The normalized spacial score (nSPS) is 16.8. The number of amides is 2. The van der Waals surface area contributed by atoms with Crippen molar-refractivity contribution in [1.82, 2.24) is 9.80 Å². The molecule has 3 aromatic rings. The maximum Gasteiger partial charge on any atom is 0.258 e. The van der Waals surface area contributed by atoms with Gasteiger partial charge in [-0.3, -0.25) is 14.5 Å². The van der Waals surface area contributed by atoms with Gasteiger partial charge in [0, 0.05) is 50.2 Å². The third kappa shape index (κ3) is 5.30. The van der Waals surface area contributed by atoms with Gasteiger partial charge in [-0.1, -0.05) is 42.5 Å². The Balaban J connectivity index is 1.44. The predicted molar refractivity (Wildman–Crippen MR) is 150 cm³/mol. The minimum Gasteiger partial charge on any atom is -0.354 e. The second kappa shape index (κ2) is 10.9. The summed E-state index contributed by atoms with van der Waals surface area (Å²) in [5.74, 6) is -0.206. The summed E-state index contributed by atoms with van der Waals surface area (Å²) in [5.41, 5.74) is 5.34. The van der Waals surface area contributed by atoms with Gasteiger partial charge in [0.2, 0.25) is 5.91 Å². The van der Waals surface area contributed by atoms with Crippen molar-refractivity contribution in [3.8, 4) is 6.07 Å². The fraction of sp³-hybridized carbons (Fsp3) is 0.233. The van der Waals surface area contributed by atoms with Crippen LogP contribution < -0.4 is 15.5 Å². The summed E-state index contributed by atoms with van der Waals surface area (Å²) in [7, 11) is 3.89. The fourth-order valence-electron chi connectivity index (χ4n) is 4.76. The molecular formula is C30H30N6O2. The van der Waals surface area contributed by atoms with Crippen LogP contribution in [0.4, 0.5) is 17.1 Å². The zero-order chi connectivity index (χ0) is 26.6. The molecule has 5 rings (SSSR count). The lowest BCUT2D eigenvalue weighted by atomic mass is 9.99. The number of rotatable bonds is 6. The monoisotopic (exact) mass is 506 g/mol. The van der Waals surface area contributed by atoms with Crippen LogP contribution >= 0.6 is 0 Å². The van der Waals surface area contributed by atoms with Gasteiger partial charge in [-0.25, -0.2) is 0 Å². The van der Waals surface area contributed by atoms with Gasteiger partial charge in [0.25, 0.3) is 5.91 Å². The molecule has 2 aliphatic heterocycles. The van der Waals surface area contributed by atoms with Crippen LogP contribution in [-0.4, -0.2) is 68.4 Å². The van der Waals surface area contributed by atoms with Crippen molar-refractivity contribution in [2.45, 2.75) is 0 Å². The Bertz CT molecular complexity index is 1430. The third-order valence-electron chi connectivity index (χ3n) is 7.04. The Labute approximate surface area is 222 Å². The SMILES string of the molecule is CN1CCN(CC(=O)N(C)c2cccc(NC(=C3C(=O)Nc4cc(C#N)ccc43)c3ccccc3)c2)CC1. The maximum absolute atomic E-state index is 13.2. The van der Waals surface area contributed by atoms with E-state index in [1.165, 1.54) is 0 Å². The molecule has 0 spiro atoms. The zero-order valence-electron chi connectivity index (χ0n) is 21.6. The van der Waals surface area contributed by atoms with Gasteiger partial charge in [-0.05, 0) is 42.9 Å². The lowest BCUT2D eigenvalue weighted by Crippen LogP contribution is -2.48. The molecule has 2 heterocycles. The van der Waals surface area contributed by atoms with E-state index in [0.717, 1.165) is 48.7 Å².